The molecule has 0 amide bonds. The Kier molecular flexibility index (Phi) is 5.63. The lowest BCUT2D eigenvalue weighted by molar-refractivity contribution is -0.0373. The van der Waals surface area contributed by atoms with Crippen LogP contribution in [0.5, 0.6) is 11.5 Å². The van der Waals surface area contributed by atoms with E-state index in [1.807, 2.05) is 6.07 Å². The van der Waals surface area contributed by atoms with Gasteiger partial charge in [0.1, 0.15) is 12.2 Å². The second kappa shape index (κ2) is 8.52. The van der Waals surface area contributed by atoms with Crippen LogP contribution in [-0.4, -0.2) is 69.8 Å². The van der Waals surface area contributed by atoms with Crippen LogP contribution in [0.3, 0.4) is 0 Å². The molecule has 5 rings (SSSR count). The van der Waals surface area contributed by atoms with Gasteiger partial charge in [-0.05, 0) is 43.0 Å². The lowest BCUT2D eigenvalue weighted by atomic mass is 10.0. The zero-order valence-electron chi connectivity index (χ0n) is 16.9. The maximum Gasteiger partial charge on any atom is 0.161 e. The van der Waals surface area contributed by atoms with Gasteiger partial charge in [0.05, 0.1) is 32.1 Å². The molecule has 3 fully saturated rings. The number of nitrogens with zero attached hydrogens (tertiary/aromatic N) is 1. The van der Waals surface area contributed by atoms with E-state index >= 15 is 0 Å². The Morgan fingerprint density at radius 3 is 2.76 bits per heavy atom. The summed E-state index contributed by atoms with van der Waals surface area (Å²) in [6.07, 6.45) is 5.53. The first-order chi connectivity index (χ1) is 14.3. The third-order valence-corrected chi connectivity index (χ3v) is 5.98. The monoisotopic (exact) mass is 402 g/mol. The molecule has 2 saturated heterocycles. The van der Waals surface area contributed by atoms with E-state index in [0.717, 1.165) is 75.2 Å². The summed E-state index contributed by atoms with van der Waals surface area (Å²) in [6, 6.07) is 6.13. The van der Waals surface area contributed by atoms with E-state index in [1.165, 1.54) is 12.8 Å². The van der Waals surface area contributed by atoms with Crippen molar-refractivity contribution < 1.29 is 23.8 Å². The normalized spacial score (nSPS) is 27.1. The van der Waals surface area contributed by atoms with Gasteiger partial charge in [0.25, 0.3) is 0 Å². The summed E-state index contributed by atoms with van der Waals surface area (Å²) in [5, 5.41) is 0. The number of morpholine rings is 1. The quantitative estimate of drug-likeness (QED) is 0.715. The van der Waals surface area contributed by atoms with Crippen LogP contribution in [-0.2, 0) is 14.3 Å². The third-order valence-electron chi connectivity index (χ3n) is 5.98. The summed E-state index contributed by atoms with van der Waals surface area (Å²) in [6.45, 7) is 7.18. The molecule has 1 N–H and O–H groups in total. The molecule has 7 heteroatoms. The third kappa shape index (κ3) is 4.69. The summed E-state index contributed by atoms with van der Waals surface area (Å²) >= 11 is 0. The highest BCUT2D eigenvalue weighted by molar-refractivity contribution is 5.68. The minimum atomic E-state index is -0.336. The standard InChI is InChI=1S/C22H30N2O5/c1-2-17(1)15-28-21-13-18(19-14-22(29-23-19)5-9-26-16-22)3-4-20(21)27-12-8-24-6-10-25-11-7-24/h3-4,13-14,17,23H,1-2,5-12,15-16H2. The first-order valence-electron chi connectivity index (χ1n) is 10.7. The van der Waals surface area contributed by atoms with Crippen molar-refractivity contribution in [1.82, 2.24) is 10.4 Å². The number of hydroxylamine groups is 1. The van der Waals surface area contributed by atoms with Crippen LogP contribution in [0.1, 0.15) is 24.8 Å². The van der Waals surface area contributed by atoms with E-state index in [9.17, 15) is 0 Å². The van der Waals surface area contributed by atoms with Gasteiger partial charge in [0.2, 0.25) is 0 Å². The highest BCUT2D eigenvalue weighted by Crippen LogP contribution is 2.37. The van der Waals surface area contributed by atoms with Crippen LogP contribution < -0.4 is 15.0 Å². The van der Waals surface area contributed by atoms with Gasteiger partial charge in [0.15, 0.2) is 11.5 Å². The molecule has 0 aromatic heterocycles. The number of ether oxygens (including phenoxy) is 4. The summed E-state index contributed by atoms with van der Waals surface area (Å²) in [5.74, 6) is 2.30. The van der Waals surface area contributed by atoms with Gasteiger partial charge in [-0.3, -0.25) is 15.2 Å². The minimum Gasteiger partial charge on any atom is -0.489 e. The van der Waals surface area contributed by atoms with Gasteiger partial charge < -0.3 is 18.9 Å². The second-order valence-electron chi connectivity index (χ2n) is 8.35. The maximum absolute atomic E-state index is 6.14. The predicted molar refractivity (Wildman–Crippen MR) is 108 cm³/mol. The molecule has 1 saturated carbocycles. The van der Waals surface area contributed by atoms with Crippen molar-refractivity contribution in [2.75, 3.05) is 59.3 Å². The van der Waals surface area contributed by atoms with Crippen LogP contribution >= 0.6 is 0 Å². The number of benzene rings is 1. The summed E-state index contributed by atoms with van der Waals surface area (Å²) in [7, 11) is 0. The average molecular weight is 402 g/mol. The minimum absolute atomic E-state index is 0.336. The highest BCUT2D eigenvalue weighted by Gasteiger charge is 2.39. The highest BCUT2D eigenvalue weighted by atomic mass is 16.7. The molecule has 0 radical (unpaired) electrons. The topological polar surface area (TPSA) is 61.4 Å². The average Bonchev–Trinajstić information content (AvgIpc) is 3.33. The molecule has 3 aliphatic heterocycles. The zero-order chi connectivity index (χ0) is 19.5. The summed E-state index contributed by atoms with van der Waals surface area (Å²) < 4.78 is 23.2. The molecule has 1 aromatic rings. The van der Waals surface area contributed by atoms with Crippen molar-refractivity contribution in [3.63, 3.8) is 0 Å². The second-order valence-corrected chi connectivity index (χ2v) is 8.35. The summed E-state index contributed by atoms with van der Waals surface area (Å²) in [5.41, 5.74) is 4.75. The van der Waals surface area contributed by atoms with E-state index in [4.69, 9.17) is 23.8 Å². The van der Waals surface area contributed by atoms with Crippen LogP contribution in [0.2, 0.25) is 0 Å². The van der Waals surface area contributed by atoms with Gasteiger partial charge >= 0.3 is 0 Å². The fourth-order valence-corrected chi connectivity index (χ4v) is 3.89. The van der Waals surface area contributed by atoms with Crippen molar-refractivity contribution in [2.45, 2.75) is 24.9 Å². The molecule has 4 aliphatic rings. The Hall–Kier alpha value is -1.80. The lowest BCUT2D eigenvalue weighted by Gasteiger charge is -2.26. The molecule has 1 aromatic carbocycles. The molecular weight excluding hydrogens is 372 g/mol. The Morgan fingerprint density at radius 1 is 1.07 bits per heavy atom. The van der Waals surface area contributed by atoms with Crippen molar-refractivity contribution in [3.8, 4) is 11.5 Å². The number of hydrogen-bond donors (Lipinski definition) is 1. The fraction of sp³-hybridized carbons (Fsp3) is 0.636. The largest absolute Gasteiger partial charge is 0.489 e. The van der Waals surface area contributed by atoms with Gasteiger partial charge in [0, 0.05) is 38.2 Å². The Morgan fingerprint density at radius 2 is 1.97 bits per heavy atom. The lowest BCUT2D eigenvalue weighted by Crippen LogP contribution is -2.38. The summed E-state index contributed by atoms with van der Waals surface area (Å²) in [4.78, 5) is 8.19. The smallest absolute Gasteiger partial charge is 0.161 e. The molecule has 1 spiro atoms. The van der Waals surface area contributed by atoms with E-state index in [2.05, 4.69) is 28.6 Å². The molecule has 1 aliphatic carbocycles. The van der Waals surface area contributed by atoms with Gasteiger partial charge in [-0.15, -0.1) is 0 Å². The molecule has 1 unspecified atom stereocenters. The number of rotatable bonds is 8. The van der Waals surface area contributed by atoms with Crippen LogP contribution in [0.25, 0.3) is 5.70 Å². The molecular formula is C22H30N2O5. The maximum atomic E-state index is 6.14. The van der Waals surface area contributed by atoms with Crippen molar-refractivity contribution in [3.05, 3.63) is 29.8 Å². The molecule has 1 atom stereocenters. The predicted octanol–water partition coefficient (Wildman–Crippen LogP) is 2.22. The molecule has 29 heavy (non-hydrogen) atoms. The SMILES string of the molecule is C1=C(c2ccc(OCCN3CCOCC3)c(OCC3CC3)c2)NOC12CCOC2. The molecule has 0 bridgehead atoms. The van der Waals surface area contributed by atoms with E-state index in [0.29, 0.717) is 19.1 Å². The first-order valence-corrected chi connectivity index (χ1v) is 10.7. The van der Waals surface area contributed by atoms with Crippen LogP contribution in [0, 0.1) is 5.92 Å². The first kappa shape index (κ1) is 19.2. The Bertz CT molecular complexity index is 737. The van der Waals surface area contributed by atoms with Crippen LogP contribution in [0.4, 0.5) is 0 Å². The number of hydrogen-bond acceptors (Lipinski definition) is 7. The van der Waals surface area contributed by atoms with Crippen molar-refractivity contribution >= 4 is 5.70 Å². The molecule has 158 valence electrons. The van der Waals surface area contributed by atoms with E-state index in [1.54, 1.807) is 0 Å². The number of nitrogens with one attached hydrogen (secondary N) is 1. The van der Waals surface area contributed by atoms with E-state index in [-0.39, 0.29) is 5.60 Å². The van der Waals surface area contributed by atoms with Gasteiger partial charge in [-0.25, -0.2) is 0 Å². The van der Waals surface area contributed by atoms with Crippen molar-refractivity contribution in [1.29, 1.82) is 0 Å². The zero-order valence-corrected chi connectivity index (χ0v) is 16.9. The van der Waals surface area contributed by atoms with Gasteiger partial charge in [-0.1, -0.05) is 0 Å². The van der Waals surface area contributed by atoms with Crippen molar-refractivity contribution in [2.24, 2.45) is 5.92 Å². The van der Waals surface area contributed by atoms with Crippen LogP contribution in [0.15, 0.2) is 24.3 Å². The fourth-order valence-electron chi connectivity index (χ4n) is 3.89. The Balaban J connectivity index is 1.27. The molecule has 7 nitrogen and oxygen atoms in total. The van der Waals surface area contributed by atoms with Gasteiger partial charge in [-0.2, -0.15) is 0 Å². The molecule has 3 heterocycles. The Labute approximate surface area is 171 Å². The van der Waals surface area contributed by atoms with E-state index < -0.39 is 0 Å².